The highest BCUT2D eigenvalue weighted by Crippen LogP contribution is 2.34. The van der Waals surface area contributed by atoms with Gasteiger partial charge in [0.2, 0.25) is 0 Å². The summed E-state index contributed by atoms with van der Waals surface area (Å²) in [6, 6.07) is 9.23. The van der Waals surface area contributed by atoms with Gasteiger partial charge in [-0.05, 0) is 49.5 Å². The molecular formula is C17H23NS2. The van der Waals surface area contributed by atoms with Crippen molar-refractivity contribution in [3.05, 3.63) is 34.7 Å². The van der Waals surface area contributed by atoms with Crippen molar-refractivity contribution in [3.63, 3.8) is 0 Å². The Balaban J connectivity index is 1.68. The molecule has 2 unspecified atom stereocenters. The molecule has 0 aliphatic carbocycles. The quantitative estimate of drug-likeness (QED) is 0.838. The fourth-order valence-corrected chi connectivity index (χ4v) is 5.46. The minimum atomic E-state index is 0.468. The average Bonchev–Trinajstić information content (AvgIpc) is 2.84. The average molecular weight is 306 g/mol. The summed E-state index contributed by atoms with van der Waals surface area (Å²) in [5.74, 6) is 1.35. The molecule has 2 heterocycles. The summed E-state index contributed by atoms with van der Waals surface area (Å²) < 4.78 is 1.42. The standard InChI is InChI=1S/C17H23NS2/c1-12-15-8-3-4-9-16(15)20-17(12)13(2)18-11-14-7-5-6-10-19-14/h3-4,8-9,13-14,18H,5-7,10-11H2,1-2H3. The van der Waals surface area contributed by atoms with E-state index in [0.717, 1.165) is 11.8 Å². The zero-order chi connectivity index (χ0) is 13.9. The Labute approximate surface area is 130 Å². The summed E-state index contributed by atoms with van der Waals surface area (Å²) in [5, 5.41) is 6.00. The summed E-state index contributed by atoms with van der Waals surface area (Å²) in [7, 11) is 0. The summed E-state index contributed by atoms with van der Waals surface area (Å²) in [4.78, 5) is 1.51. The molecule has 3 rings (SSSR count). The van der Waals surface area contributed by atoms with Gasteiger partial charge in [-0.3, -0.25) is 0 Å². The topological polar surface area (TPSA) is 12.0 Å². The van der Waals surface area contributed by atoms with E-state index in [4.69, 9.17) is 0 Å². The molecule has 1 fully saturated rings. The van der Waals surface area contributed by atoms with Crippen LogP contribution in [0.5, 0.6) is 0 Å². The highest BCUT2D eigenvalue weighted by molar-refractivity contribution is 7.99. The van der Waals surface area contributed by atoms with Gasteiger partial charge in [-0.2, -0.15) is 11.8 Å². The molecule has 1 aliphatic rings. The monoisotopic (exact) mass is 305 g/mol. The van der Waals surface area contributed by atoms with Crippen LogP contribution >= 0.6 is 23.1 Å². The van der Waals surface area contributed by atoms with Gasteiger partial charge in [0.05, 0.1) is 0 Å². The van der Waals surface area contributed by atoms with E-state index in [0.29, 0.717) is 6.04 Å². The van der Waals surface area contributed by atoms with Crippen molar-refractivity contribution < 1.29 is 0 Å². The van der Waals surface area contributed by atoms with Crippen molar-refractivity contribution in [2.24, 2.45) is 0 Å². The number of hydrogen-bond acceptors (Lipinski definition) is 3. The van der Waals surface area contributed by atoms with E-state index in [1.807, 2.05) is 11.3 Å². The van der Waals surface area contributed by atoms with Crippen LogP contribution in [0.3, 0.4) is 0 Å². The molecular weight excluding hydrogens is 282 g/mol. The maximum Gasteiger partial charge on any atom is 0.0389 e. The van der Waals surface area contributed by atoms with E-state index >= 15 is 0 Å². The molecule has 1 aliphatic heterocycles. The lowest BCUT2D eigenvalue weighted by Gasteiger charge is -2.23. The molecule has 0 bridgehead atoms. The maximum atomic E-state index is 3.76. The molecule has 0 spiro atoms. The lowest BCUT2D eigenvalue weighted by atomic mass is 10.1. The van der Waals surface area contributed by atoms with E-state index in [1.54, 1.807) is 0 Å². The van der Waals surface area contributed by atoms with Gasteiger partial charge < -0.3 is 5.32 Å². The van der Waals surface area contributed by atoms with E-state index in [-0.39, 0.29) is 0 Å². The first-order valence-electron chi connectivity index (χ1n) is 7.58. The summed E-state index contributed by atoms with van der Waals surface area (Å²) in [6.45, 7) is 5.73. The third kappa shape index (κ3) is 3.05. The Bertz CT molecular complexity index is 569. The Hall–Kier alpha value is -0.510. The molecule has 1 aromatic heterocycles. The number of hydrogen-bond donors (Lipinski definition) is 1. The van der Waals surface area contributed by atoms with Crippen molar-refractivity contribution in [1.29, 1.82) is 0 Å². The molecule has 0 amide bonds. The zero-order valence-corrected chi connectivity index (χ0v) is 13.9. The Morgan fingerprint density at radius 2 is 2.15 bits per heavy atom. The van der Waals surface area contributed by atoms with Gasteiger partial charge in [0.25, 0.3) is 0 Å². The van der Waals surface area contributed by atoms with Gasteiger partial charge in [0, 0.05) is 27.4 Å². The van der Waals surface area contributed by atoms with Crippen LogP contribution < -0.4 is 5.32 Å². The number of thiophene rings is 1. The second kappa shape index (κ2) is 6.50. The fourth-order valence-electron chi connectivity index (χ4n) is 2.98. The van der Waals surface area contributed by atoms with Crippen LogP contribution in [-0.4, -0.2) is 17.5 Å². The Kier molecular flexibility index (Phi) is 4.69. The fraction of sp³-hybridized carbons (Fsp3) is 0.529. The SMILES string of the molecule is Cc1c(C(C)NCC2CCCCS2)sc2ccccc12. The van der Waals surface area contributed by atoms with Crippen LogP contribution in [-0.2, 0) is 0 Å². The molecule has 20 heavy (non-hydrogen) atoms. The highest BCUT2D eigenvalue weighted by Gasteiger charge is 2.17. The summed E-state index contributed by atoms with van der Waals surface area (Å²) in [5.41, 5.74) is 1.46. The predicted molar refractivity (Wildman–Crippen MR) is 93.1 cm³/mol. The molecule has 0 radical (unpaired) electrons. The molecule has 2 aromatic rings. The zero-order valence-electron chi connectivity index (χ0n) is 12.3. The molecule has 3 heteroatoms. The Morgan fingerprint density at radius 3 is 2.90 bits per heavy atom. The lowest BCUT2D eigenvalue weighted by Crippen LogP contribution is -2.28. The number of fused-ring (bicyclic) bond motifs is 1. The third-order valence-corrected chi connectivity index (χ3v) is 7.05. The first kappa shape index (κ1) is 14.4. The van der Waals surface area contributed by atoms with E-state index in [1.165, 1.54) is 45.5 Å². The molecule has 1 N–H and O–H groups in total. The van der Waals surface area contributed by atoms with Gasteiger partial charge in [-0.15, -0.1) is 11.3 Å². The van der Waals surface area contributed by atoms with Crippen molar-refractivity contribution in [2.45, 2.75) is 44.4 Å². The first-order valence-corrected chi connectivity index (χ1v) is 9.45. The molecule has 1 saturated heterocycles. The number of rotatable bonds is 4. The van der Waals surface area contributed by atoms with Crippen LogP contribution in [0, 0.1) is 6.92 Å². The van der Waals surface area contributed by atoms with E-state index in [2.05, 4.69) is 55.2 Å². The number of nitrogens with one attached hydrogen (secondary N) is 1. The van der Waals surface area contributed by atoms with Gasteiger partial charge in [-0.25, -0.2) is 0 Å². The van der Waals surface area contributed by atoms with E-state index in [9.17, 15) is 0 Å². The van der Waals surface area contributed by atoms with Crippen LogP contribution in [0.25, 0.3) is 10.1 Å². The van der Waals surface area contributed by atoms with Crippen LogP contribution in [0.15, 0.2) is 24.3 Å². The van der Waals surface area contributed by atoms with Gasteiger partial charge in [0.1, 0.15) is 0 Å². The Morgan fingerprint density at radius 1 is 1.30 bits per heavy atom. The van der Waals surface area contributed by atoms with Crippen LogP contribution in [0.1, 0.15) is 42.7 Å². The maximum absolute atomic E-state index is 3.76. The van der Waals surface area contributed by atoms with E-state index < -0.39 is 0 Å². The number of thioether (sulfide) groups is 1. The van der Waals surface area contributed by atoms with Crippen molar-refractivity contribution in [1.82, 2.24) is 5.32 Å². The largest absolute Gasteiger partial charge is 0.308 e. The smallest absolute Gasteiger partial charge is 0.0389 e. The number of aryl methyl sites for hydroxylation is 1. The second-order valence-corrected chi connectivity index (χ2v) is 8.20. The molecule has 1 aromatic carbocycles. The molecule has 2 atom stereocenters. The summed E-state index contributed by atoms with van der Waals surface area (Å²) in [6.07, 6.45) is 4.21. The van der Waals surface area contributed by atoms with Crippen LogP contribution in [0.2, 0.25) is 0 Å². The van der Waals surface area contributed by atoms with Crippen molar-refractivity contribution >= 4 is 33.2 Å². The van der Waals surface area contributed by atoms with Gasteiger partial charge >= 0.3 is 0 Å². The number of benzene rings is 1. The van der Waals surface area contributed by atoms with Crippen molar-refractivity contribution in [2.75, 3.05) is 12.3 Å². The first-order chi connectivity index (χ1) is 9.75. The predicted octanol–water partition coefficient (Wildman–Crippen LogP) is 5.15. The highest BCUT2D eigenvalue weighted by atomic mass is 32.2. The second-order valence-electron chi connectivity index (χ2n) is 5.71. The van der Waals surface area contributed by atoms with Gasteiger partial charge in [0.15, 0.2) is 0 Å². The molecule has 108 valence electrons. The lowest BCUT2D eigenvalue weighted by molar-refractivity contribution is 0.542. The van der Waals surface area contributed by atoms with Crippen molar-refractivity contribution in [3.8, 4) is 0 Å². The van der Waals surface area contributed by atoms with Gasteiger partial charge in [-0.1, -0.05) is 24.6 Å². The van der Waals surface area contributed by atoms with Crippen LogP contribution in [0.4, 0.5) is 0 Å². The summed E-state index contributed by atoms with van der Waals surface area (Å²) >= 11 is 4.10. The normalized spacial score (nSPS) is 21.2. The minimum Gasteiger partial charge on any atom is -0.308 e. The third-order valence-electron chi connectivity index (χ3n) is 4.20. The molecule has 1 nitrogen and oxygen atoms in total. The molecule has 0 saturated carbocycles. The minimum absolute atomic E-state index is 0.468.